The fourth-order valence-electron chi connectivity index (χ4n) is 2.30. The quantitative estimate of drug-likeness (QED) is 0.585. The number of rotatable bonds is 4. The number of carboxylic acids is 1. The molecular formula is C18H12BrN3O5. The van der Waals surface area contributed by atoms with E-state index in [0.29, 0.717) is 5.69 Å². The van der Waals surface area contributed by atoms with Crippen molar-refractivity contribution in [3.05, 3.63) is 80.7 Å². The number of aromatic hydroxyl groups is 1. The molecule has 1 amide bonds. The summed E-state index contributed by atoms with van der Waals surface area (Å²) in [5.74, 6) is -2.52. The molecule has 8 nitrogen and oxygen atoms in total. The molecule has 136 valence electrons. The first kappa shape index (κ1) is 18.3. The van der Waals surface area contributed by atoms with E-state index < -0.39 is 23.2 Å². The van der Waals surface area contributed by atoms with Gasteiger partial charge in [0.1, 0.15) is 0 Å². The maximum atomic E-state index is 12.5. The third-order valence-electron chi connectivity index (χ3n) is 3.57. The third-order valence-corrected chi connectivity index (χ3v) is 4.09. The predicted molar refractivity (Wildman–Crippen MR) is 101 cm³/mol. The van der Waals surface area contributed by atoms with Gasteiger partial charge in [-0.05, 0) is 42.5 Å². The fourth-order valence-corrected chi connectivity index (χ4v) is 2.56. The molecule has 0 bridgehead atoms. The molecule has 0 aliphatic rings. The van der Waals surface area contributed by atoms with Gasteiger partial charge in [0.15, 0.2) is 11.4 Å². The predicted octanol–water partition coefficient (Wildman–Crippen LogP) is 2.65. The van der Waals surface area contributed by atoms with E-state index in [9.17, 15) is 19.5 Å². The van der Waals surface area contributed by atoms with Crippen LogP contribution in [0.25, 0.3) is 5.69 Å². The number of carboxylic acid groups (broad SMARTS) is 1. The van der Waals surface area contributed by atoms with Gasteiger partial charge in [0.05, 0.1) is 11.3 Å². The minimum atomic E-state index is -1.14. The maximum Gasteiger partial charge on any atom is 0.335 e. The molecule has 3 rings (SSSR count). The fraction of sp³-hybridized carbons (Fsp3) is 0. The Labute approximate surface area is 160 Å². The molecule has 3 aromatic rings. The topological polar surface area (TPSA) is 122 Å². The number of hydrogen-bond donors (Lipinski definition) is 3. The van der Waals surface area contributed by atoms with Gasteiger partial charge in [-0.15, -0.1) is 0 Å². The van der Waals surface area contributed by atoms with Crippen molar-refractivity contribution >= 4 is 33.5 Å². The van der Waals surface area contributed by atoms with Gasteiger partial charge in [-0.1, -0.05) is 22.0 Å². The number of amides is 1. The number of hydrogen-bond acceptors (Lipinski definition) is 5. The smallest absolute Gasteiger partial charge is 0.335 e. The van der Waals surface area contributed by atoms with E-state index in [1.807, 2.05) is 0 Å². The van der Waals surface area contributed by atoms with Crippen LogP contribution in [-0.2, 0) is 0 Å². The summed E-state index contributed by atoms with van der Waals surface area (Å²) in [6.07, 6.45) is 0. The summed E-state index contributed by atoms with van der Waals surface area (Å²) in [6.45, 7) is 0. The maximum absolute atomic E-state index is 12.5. The number of aromatic carboxylic acids is 1. The molecule has 2 aromatic carbocycles. The Bertz CT molecular complexity index is 1090. The van der Waals surface area contributed by atoms with Crippen molar-refractivity contribution in [3.63, 3.8) is 0 Å². The van der Waals surface area contributed by atoms with Gasteiger partial charge in [0, 0.05) is 16.2 Å². The van der Waals surface area contributed by atoms with Gasteiger partial charge in [0.25, 0.3) is 11.5 Å². The van der Waals surface area contributed by atoms with Crippen LogP contribution >= 0.6 is 15.9 Å². The largest absolute Gasteiger partial charge is 0.505 e. The molecule has 0 aliphatic carbocycles. The van der Waals surface area contributed by atoms with E-state index in [0.717, 1.165) is 15.2 Å². The van der Waals surface area contributed by atoms with E-state index in [1.165, 1.54) is 24.3 Å². The second kappa shape index (κ2) is 7.42. The SMILES string of the molecule is O=C(O)c1cccc(NC(=O)c2nn(-c3ccc(Br)cc3)c(=O)cc2O)c1. The second-order valence-corrected chi connectivity index (χ2v) is 6.36. The zero-order valence-electron chi connectivity index (χ0n) is 13.6. The van der Waals surface area contributed by atoms with E-state index in [-0.39, 0.29) is 16.9 Å². The number of nitrogens with one attached hydrogen (secondary N) is 1. The van der Waals surface area contributed by atoms with Crippen LogP contribution in [0, 0.1) is 0 Å². The third kappa shape index (κ3) is 4.04. The molecule has 3 N–H and O–H groups in total. The summed E-state index contributed by atoms with van der Waals surface area (Å²) in [7, 11) is 0. The highest BCUT2D eigenvalue weighted by molar-refractivity contribution is 9.10. The molecule has 0 radical (unpaired) electrons. The summed E-state index contributed by atoms with van der Waals surface area (Å²) in [5, 5.41) is 25.4. The van der Waals surface area contributed by atoms with Gasteiger partial charge in [-0.2, -0.15) is 9.78 Å². The van der Waals surface area contributed by atoms with Crippen molar-refractivity contribution in [2.24, 2.45) is 0 Å². The molecule has 27 heavy (non-hydrogen) atoms. The molecule has 0 saturated carbocycles. The Morgan fingerprint density at radius 1 is 1.07 bits per heavy atom. The molecule has 1 aromatic heterocycles. The van der Waals surface area contributed by atoms with Crippen LogP contribution in [0.3, 0.4) is 0 Å². The zero-order chi connectivity index (χ0) is 19.6. The van der Waals surface area contributed by atoms with Crippen molar-refractivity contribution in [1.82, 2.24) is 9.78 Å². The summed E-state index contributed by atoms with van der Waals surface area (Å²) in [6, 6.07) is 13.1. The van der Waals surface area contributed by atoms with E-state index in [1.54, 1.807) is 24.3 Å². The Kier molecular flexibility index (Phi) is 5.04. The Morgan fingerprint density at radius 2 is 1.78 bits per heavy atom. The highest BCUT2D eigenvalue weighted by atomic mass is 79.9. The first-order valence-corrected chi connectivity index (χ1v) is 8.38. The normalized spacial score (nSPS) is 10.4. The molecule has 9 heteroatoms. The van der Waals surface area contributed by atoms with Crippen molar-refractivity contribution in [1.29, 1.82) is 0 Å². The Hall–Kier alpha value is -3.46. The molecule has 1 heterocycles. The lowest BCUT2D eigenvalue weighted by Crippen LogP contribution is -2.25. The summed E-state index contributed by atoms with van der Waals surface area (Å²) in [5.41, 5.74) is -0.380. The minimum Gasteiger partial charge on any atom is -0.505 e. The lowest BCUT2D eigenvalue weighted by atomic mass is 10.2. The number of halogens is 1. The number of carbonyl (C=O) groups is 2. The first-order chi connectivity index (χ1) is 12.8. The van der Waals surface area contributed by atoms with Gasteiger partial charge < -0.3 is 15.5 Å². The van der Waals surface area contributed by atoms with Gasteiger partial charge >= 0.3 is 5.97 Å². The zero-order valence-corrected chi connectivity index (χ0v) is 15.2. The van der Waals surface area contributed by atoms with E-state index in [2.05, 4.69) is 26.3 Å². The van der Waals surface area contributed by atoms with Gasteiger partial charge in [-0.3, -0.25) is 9.59 Å². The highest BCUT2D eigenvalue weighted by Gasteiger charge is 2.17. The number of nitrogens with zero attached hydrogens (tertiary/aromatic N) is 2. The molecule has 0 aliphatic heterocycles. The standard InChI is InChI=1S/C18H12BrN3O5/c19-11-4-6-13(7-5-11)22-15(24)9-14(23)16(21-22)17(25)20-12-3-1-2-10(8-12)18(26)27/h1-9,23H,(H,20,25)(H,26,27). The van der Waals surface area contributed by atoms with Crippen LogP contribution in [0.15, 0.2) is 63.9 Å². The van der Waals surface area contributed by atoms with E-state index >= 15 is 0 Å². The average molecular weight is 430 g/mol. The van der Waals surface area contributed by atoms with Crippen LogP contribution in [0.5, 0.6) is 5.75 Å². The first-order valence-electron chi connectivity index (χ1n) is 7.59. The summed E-state index contributed by atoms with van der Waals surface area (Å²) < 4.78 is 1.78. The van der Waals surface area contributed by atoms with Crippen LogP contribution in [0.2, 0.25) is 0 Å². The van der Waals surface area contributed by atoms with Crippen LogP contribution in [0.1, 0.15) is 20.8 Å². The number of anilines is 1. The van der Waals surface area contributed by atoms with Crippen LogP contribution in [-0.4, -0.2) is 31.9 Å². The molecule has 0 spiro atoms. The second-order valence-electron chi connectivity index (χ2n) is 5.44. The molecule has 0 atom stereocenters. The van der Waals surface area contributed by atoms with Crippen molar-refractivity contribution in [2.75, 3.05) is 5.32 Å². The van der Waals surface area contributed by atoms with Crippen LogP contribution in [0.4, 0.5) is 5.69 Å². The lowest BCUT2D eigenvalue weighted by molar-refractivity contribution is 0.0696. The summed E-state index contributed by atoms with van der Waals surface area (Å²) >= 11 is 3.29. The summed E-state index contributed by atoms with van der Waals surface area (Å²) in [4.78, 5) is 35.6. The van der Waals surface area contributed by atoms with Gasteiger partial charge in [0.2, 0.25) is 0 Å². The Morgan fingerprint density at radius 3 is 2.44 bits per heavy atom. The lowest BCUT2D eigenvalue weighted by Gasteiger charge is -2.10. The minimum absolute atomic E-state index is 0.00943. The van der Waals surface area contributed by atoms with Crippen LogP contribution < -0.4 is 10.9 Å². The number of benzene rings is 2. The monoisotopic (exact) mass is 429 g/mol. The molecule has 0 unspecified atom stereocenters. The van der Waals surface area contributed by atoms with Gasteiger partial charge in [-0.25, -0.2) is 4.79 Å². The number of aromatic nitrogens is 2. The van der Waals surface area contributed by atoms with Crippen molar-refractivity contribution < 1.29 is 19.8 Å². The number of carbonyl (C=O) groups excluding carboxylic acids is 1. The molecule has 0 saturated heterocycles. The highest BCUT2D eigenvalue weighted by Crippen LogP contribution is 2.17. The van der Waals surface area contributed by atoms with Crippen molar-refractivity contribution in [2.45, 2.75) is 0 Å². The molecular weight excluding hydrogens is 418 g/mol. The average Bonchev–Trinajstić information content (AvgIpc) is 2.63. The Balaban J connectivity index is 1.96. The van der Waals surface area contributed by atoms with E-state index in [4.69, 9.17) is 5.11 Å². The molecule has 0 fully saturated rings. The van der Waals surface area contributed by atoms with Crippen molar-refractivity contribution in [3.8, 4) is 11.4 Å².